The molecule has 0 spiro atoms. The summed E-state index contributed by atoms with van der Waals surface area (Å²) in [5.74, 6) is -0.860. The van der Waals surface area contributed by atoms with Gasteiger partial charge in [0, 0.05) is 0 Å². The molecular weight excluding hydrogens is 208 g/mol. The summed E-state index contributed by atoms with van der Waals surface area (Å²) in [5.41, 5.74) is -0.750. The van der Waals surface area contributed by atoms with E-state index in [1.54, 1.807) is 0 Å². The van der Waals surface area contributed by atoms with Crippen LogP contribution in [-0.4, -0.2) is 26.2 Å². The van der Waals surface area contributed by atoms with Crippen LogP contribution in [-0.2, 0) is 19.1 Å². The maximum atomic E-state index is 11.9. The predicted octanol–water partition coefficient (Wildman–Crippen LogP) is 1.77. The molecule has 1 rings (SSSR count). The van der Waals surface area contributed by atoms with Gasteiger partial charge in [0.05, 0.1) is 25.6 Å². The van der Waals surface area contributed by atoms with E-state index in [4.69, 9.17) is 9.47 Å². The Bertz CT molecular complexity index is 287. The summed E-state index contributed by atoms with van der Waals surface area (Å²) in [6.07, 6.45) is 2.59. The van der Waals surface area contributed by atoms with Gasteiger partial charge in [-0.15, -0.1) is 0 Å². The van der Waals surface area contributed by atoms with Gasteiger partial charge in [-0.2, -0.15) is 0 Å². The lowest BCUT2D eigenvalue weighted by atomic mass is 9.61. The molecule has 1 aliphatic rings. The Kier molecular flexibility index (Phi) is 3.94. The van der Waals surface area contributed by atoms with Gasteiger partial charge in [-0.05, 0) is 25.7 Å². The highest BCUT2D eigenvalue weighted by Gasteiger charge is 2.52. The molecule has 3 atom stereocenters. The van der Waals surface area contributed by atoms with Gasteiger partial charge >= 0.3 is 11.9 Å². The van der Waals surface area contributed by atoms with E-state index in [2.05, 4.69) is 0 Å². The molecule has 1 aliphatic carbocycles. The highest BCUT2D eigenvalue weighted by Crippen LogP contribution is 2.46. The van der Waals surface area contributed by atoms with Crippen LogP contribution in [0.5, 0.6) is 0 Å². The Morgan fingerprint density at radius 2 is 1.81 bits per heavy atom. The molecule has 4 heteroatoms. The molecule has 1 fully saturated rings. The normalized spacial score (nSPS) is 34.2. The summed E-state index contributed by atoms with van der Waals surface area (Å²) in [7, 11) is 2.72. The van der Waals surface area contributed by atoms with Crippen molar-refractivity contribution in [3.05, 3.63) is 0 Å². The lowest BCUT2D eigenvalue weighted by Gasteiger charge is -2.42. The number of esters is 2. The third-order valence-corrected chi connectivity index (χ3v) is 3.99. The summed E-state index contributed by atoms with van der Waals surface area (Å²) < 4.78 is 9.62. The van der Waals surface area contributed by atoms with Gasteiger partial charge in [-0.3, -0.25) is 9.59 Å². The third kappa shape index (κ3) is 1.93. The fraction of sp³-hybridized carbons (Fsp3) is 0.833. The first-order valence-corrected chi connectivity index (χ1v) is 5.64. The molecule has 4 nitrogen and oxygen atoms in total. The lowest BCUT2D eigenvalue weighted by molar-refractivity contribution is -0.172. The van der Waals surface area contributed by atoms with E-state index in [1.807, 2.05) is 13.8 Å². The van der Waals surface area contributed by atoms with Gasteiger partial charge < -0.3 is 9.47 Å². The SMILES string of the molecule is COC(=O)[C@H]1CCC[C@H](C)[C@@]1(C)C(=O)OC. The molecular formula is C12H20O4. The van der Waals surface area contributed by atoms with Crippen LogP contribution in [0.1, 0.15) is 33.1 Å². The summed E-state index contributed by atoms with van der Waals surface area (Å²) in [6.45, 7) is 3.80. The number of carbonyl (C=O) groups is 2. The average Bonchev–Trinajstić information content (AvgIpc) is 2.30. The van der Waals surface area contributed by atoms with E-state index >= 15 is 0 Å². The van der Waals surface area contributed by atoms with Crippen LogP contribution in [0, 0.1) is 17.3 Å². The Morgan fingerprint density at radius 1 is 1.19 bits per heavy atom. The highest BCUT2D eigenvalue weighted by atomic mass is 16.5. The summed E-state index contributed by atoms with van der Waals surface area (Å²) in [4.78, 5) is 23.6. The molecule has 0 aromatic carbocycles. The molecule has 92 valence electrons. The fourth-order valence-electron chi connectivity index (χ4n) is 2.64. The fourth-order valence-corrected chi connectivity index (χ4v) is 2.64. The van der Waals surface area contributed by atoms with Crippen molar-refractivity contribution in [1.29, 1.82) is 0 Å². The van der Waals surface area contributed by atoms with Crippen molar-refractivity contribution in [2.75, 3.05) is 14.2 Å². The zero-order valence-electron chi connectivity index (χ0n) is 10.4. The van der Waals surface area contributed by atoms with E-state index in [-0.39, 0.29) is 23.8 Å². The smallest absolute Gasteiger partial charge is 0.312 e. The van der Waals surface area contributed by atoms with Crippen molar-refractivity contribution < 1.29 is 19.1 Å². The Morgan fingerprint density at radius 3 is 2.31 bits per heavy atom. The largest absolute Gasteiger partial charge is 0.469 e. The van der Waals surface area contributed by atoms with Gasteiger partial charge in [0.2, 0.25) is 0 Å². The molecule has 0 N–H and O–H groups in total. The van der Waals surface area contributed by atoms with Crippen molar-refractivity contribution in [1.82, 2.24) is 0 Å². The second kappa shape index (κ2) is 4.85. The maximum absolute atomic E-state index is 11.9. The van der Waals surface area contributed by atoms with Crippen LogP contribution in [0.4, 0.5) is 0 Å². The molecule has 0 bridgehead atoms. The standard InChI is InChI=1S/C12H20O4/c1-8-6-5-7-9(10(13)15-3)12(8,2)11(14)16-4/h8-9H,5-7H2,1-4H3/t8-,9+,12+/m0/s1. The van der Waals surface area contributed by atoms with Crippen molar-refractivity contribution in [3.63, 3.8) is 0 Å². The van der Waals surface area contributed by atoms with Gasteiger partial charge in [0.25, 0.3) is 0 Å². The van der Waals surface area contributed by atoms with Crippen LogP contribution in [0.25, 0.3) is 0 Å². The summed E-state index contributed by atoms with van der Waals surface area (Å²) in [6, 6.07) is 0. The van der Waals surface area contributed by atoms with Crippen molar-refractivity contribution in [2.45, 2.75) is 33.1 Å². The average molecular weight is 228 g/mol. The number of methoxy groups -OCH3 is 2. The first-order chi connectivity index (χ1) is 7.48. The van der Waals surface area contributed by atoms with E-state index in [0.29, 0.717) is 6.42 Å². The minimum absolute atomic E-state index is 0.137. The second-order valence-corrected chi connectivity index (χ2v) is 4.68. The number of hydrogen-bond acceptors (Lipinski definition) is 4. The van der Waals surface area contributed by atoms with Gasteiger partial charge in [0.15, 0.2) is 0 Å². The minimum Gasteiger partial charge on any atom is -0.469 e. The van der Waals surface area contributed by atoms with Crippen LogP contribution in [0.15, 0.2) is 0 Å². The van der Waals surface area contributed by atoms with Gasteiger partial charge in [-0.25, -0.2) is 0 Å². The number of ether oxygens (including phenoxy) is 2. The van der Waals surface area contributed by atoms with E-state index in [1.165, 1.54) is 14.2 Å². The van der Waals surface area contributed by atoms with Crippen LogP contribution < -0.4 is 0 Å². The second-order valence-electron chi connectivity index (χ2n) is 4.68. The Labute approximate surface area is 96.3 Å². The third-order valence-electron chi connectivity index (χ3n) is 3.99. The minimum atomic E-state index is -0.750. The Balaban J connectivity index is 3.04. The predicted molar refractivity (Wildman–Crippen MR) is 58.6 cm³/mol. The maximum Gasteiger partial charge on any atom is 0.312 e. The molecule has 0 radical (unpaired) electrons. The quantitative estimate of drug-likeness (QED) is 0.676. The summed E-state index contributed by atoms with van der Waals surface area (Å²) in [5, 5.41) is 0. The van der Waals surface area contributed by atoms with Crippen molar-refractivity contribution in [2.24, 2.45) is 17.3 Å². The zero-order valence-corrected chi connectivity index (χ0v) is 10.4. The molecule has 1 saturated carbocycles. The molecule has 0 unspecified atom stereocenters. The first-order valence-electron chi connectivity index (χ1n) is 5.64. The zero-order chi connectivity index (χ0) is 12.3. The Hall–Kier alpha value is -1.06. The summed E-state index contributed by atoms with van der Waals surface area (Å²) >= 11 is 0. The monoisotopic (exact) mass is 228 g/mol. The van der Waals surface area contributed by atoms with Crippen LogP contribution in [0.3, 0.4) is 0 Å². The van der Waals surface area contributed by atoms with Gasteiger partial charge in [0.1, 0.15) is 0 Å². The molecule has 0 aromatic heterocycles. The van der Waals surface area contributed by atoms with Crippen LogP contribution >= 0.6 is 0 Å². The molecule has 0 amide bonds. The lowest BCUT2D eigenvalue weighted by Crippen LogP contribution is -2.48. The highest BCUT2D eigenvalue weighted by molar-refractivity contribution is 5.85. The molecule has 16 heavy (non-hydrogen) atoms. The molecule has 0 aromatic rings. The topological polar surface area (TPSA) is 52.6 Å². The van der Waals surface area contributed by atoms with Crippen molar-refractivity contribution >= 4 is 11.9 Å². The number of hydrogen-bond donors (Lipinski definition) is 0. The van der Waals surface area contributed by atoms with Gasteiger partial charge in [-0.1, -0.05) is 13.3 Å². The van der Waals surface area contributed by atoms with E-state index < -0.39 is 5.41 Å². The first kappa shape index (κ1) is 13.0. The molecule has 0 aliphatic heterocycles. The van der Waals surface area contributed by atoms with E-state index in [0.717, 1.165) is 12.8 Å². The number of carbonyl (C=O) groups excluding carboxylic acids is 2. The van der Waals surface area contributed by atoms with Crippen molar-refractivity contribution in [3.8, 4) is 0 Å². The van der Waals surface area contributed by atoms with Crippen LogP contribution in [0.2, 0.25) is 0 Å². The number of rotatable bonds is 2. The molecule has 0 heterocycles. The molecule has 0 saturated heterocycles. The van der Waals surface area contributed by atoms with E-state index in [9.17, 15) is 9.59 Å².